The fourth-order valence-corrected chi connectivity index (χ4v) is 3.08. The van der Waals surface area contributed by atoms with E-state index in [0.29, 0.717) is 5.56 Å². The molecular weight excluding hydrogens is 250 g/mol. The number of carbonyl (C=O) groups is 1. The highest BCUT2D eigenvalue weighted by Crippen LogP contribution is 2.20. The molecule has 1 aliphatic heterocycles. The fraction of sp³-hybridized carbons (Fsp3) is 0.625. The zero-order valence-corrected chi connectivity index (χ0v) is 12.5. The van der Waals surface area contributed by atoms with Crippen molar-refractivity contribution in [2.75, 3.05) is 26.2 Å². The summed E-state index contributed by atoms with van der Waals surface area (Å²) in [6, 6.07) is 3.48. The predicted molar refractivity (Wildman–Crippen MR) is 80.6 cm³/mol. The second-order valence-corrected chi connectivity index (χ2v) is 6.05. The van der Waals surface area contributed by atoms with E-state index in [1.807, 2.05) is 0 Å². The van der Waals surface area contributed by atoms with Crippen LogP contribution in [0.3, 0.4) is 0 Å². The molecule has 4 heteroatoms. The van der Waals surface area contributed by atoms with Gasteiger partial charge < -0.3 is 10.2 Å². The molecule has 1 amide bonds. The molecule has 2 atom stereocenters. The molecule has 0 spiro atoms. The van der Waals surface area contributed by atoms with Gasteiger partial charge in [-0.2, -0.15) is 0 Å². The van der Waals surface area contributed by atoms with Crippen LogP contribution in [0, 0.1) is 11.8 Å². The van der Waals surface area contributed by atoms with Gasteiger partial charge in [0.1, 0.15) is 0 Å². The van der Waals surface area contributed by atoms with Gasteiger partial charge in [0.15, 0.2) is 0 Å². The van der Waals surface area contributed by atoms with Crippen LogP contribution in [-0.4, -0.2) is 42.0 Å². The summed E-state index contributed by atoms with van der Waals surface area (Å²) in [5, 5.41) is 2.97. The van der Waals surface area contributed by atoms with Crippen LogP contribution in [-0.2, 0) is 0 Å². The lowest BCUT2D eigenvalue weighted by atomic mass is 9.92. The van der Waals surface area contributed by atoms with Crippen molar-refractivity contribution in [3.05, 3.63) is 30.1 Å². The van der Waals surface area contributed by atoms with E-state index in [2.05, 4.69) is 29.0 Å². The van der Waals surface area contributed by atoms with E-state index in [4.69, 9.17) is 0 Å². The van der Waals surface area contributed by atoms with Gasteiger partial charge in [-0.25, -0.2) is 0 Å². The van der Waals surface area contributed by atoms with Crippen LogP contribution in [0.1, 0.15) is 37.0 Å². The van der Waals surface area contributed by atoms with Crippen LogP contribution in [0.4, 0.5) is 0 Å². The van der Waals surface area contributed by atoms with Crippen LogP contribution in [0.5, 0.6) is 0 Å². The Morgan fingerprint density at radius 2 is 1.95 bits per heavy atom. The number of rotatable bonds is 5. The van der Waals surface area contributed by atoms with Gasteiger partial charge in [0.25, 0.3) is 5.91 Å². The first kappa shape index (κ1) is 15.0. The first-order chi connectivity index (χ1) is 9.65. The van der Waals surface area contributed by atoms with E-state index in [1.165, 1.54) is 19.5 Å². The van der Waals surface area contributed by atoms with Gasteiger partial charge in [-0.05, 0) is 43.4 Å². The number of piperidine rings is 1. The molecule has 0 bridgehead atoms. The Morgan fingerprint density at radius 1 is 1.30 bits per heavy atom. The summed E-state index contributed by atoms with van der Waals surface area (Å²) >= 11 is 0. The second kappa shape index (κ2) is 7.39. The fourth-order valence-electron chi connectivity index (χ4n) is 3.08. The third-order valence-corrected chi connectivity index (χ3v) is 3.82. The van der Waals surface area contributed by atoms with Crippen LogP contribution >= 0.6 is 0 Å². The summed E-state index contributed by atoms with van der Waals surface area (Å²) in [4.78, 5) is 18.3. The number of aromatic nitrogens is 1. The summed E-state index contributed by atoms with van der Waals surface area (Å²) in [6.45, 7) is 8.86. The van der Waals surface area contributed by atoms with Gasteiger partial charge in [0.05, 0.1) is 0 Å². The zero-order chi connectivity index (χ0) is 14.4. The number of carbonyl (C=O) groups excluding carboxylic acids is 1. The Balaban J connectivity index is 1.65. The lowest BCUT2D eigenvalue weighted by Gasteiger charge is -2.34. The molecule has 1 aromatic rings. The lowest BCUT2D eigenvalue weighted by molar-refractivity contribution is 0.0947. The minimum atomic E-state index is -0.00668. The monoisotopic (exact) mass is 275 g/mol. The number of pyridine rings is 1. The molecule has 1 aliphatic rings. The molecule has 0 aromatic carbocycles. The van der Waals surface area contributed by atoms with Crippen LogP contribution in [0.2, 0.25) is 0 Å². The van der Waals surface area contributed by atoms with Crippen molar-refractivity contribution in [1.82, 2.24) is 15.2 Å². The van der Waals surface area contributed by atoms with Gasteiger partial charge >= 0.3 is 0 Å². The molecule has 4 nitrogen and oxygen atoms in total. The van der Waals surface area contributed by atoms with Crippen molar-refractivity contribution in [2.24, 2.45) is 11.8 Å². The van der Waals surface area contributed by atoms with Crippen molar-refractivity contribution >= 4 is 5.91 Å². The Morgan fingerprint density at radius 3 is 2.60 bits per heavy atom. The molecular formula is C16H25N3O. The van der Waals surface area contributed by atoms with E-state index in [9.17, 15) is 4.79 Å². The number of likely N-dealkylation sites (tertiary alicyclic amines) is 1. The molecule has 2 heterocycles. The molecule has 110 valence electrons. The number of hydrogen-bond donors (Lipinski definition) is 1. The zero-order valence-electron chi connectivity index (χ0n) is 12.5. The second-order valence-electron chi connectivity index (χ2n) is 6.05. The van der Waals surface area contributed by atoms with Crippen molar-refractivity contribution < 1.29 is 4.79 Å². The molecule has 1 aromatic heterocycles. The average molecular weight is 275 g/mol. The standard InChI is InChI=1S/C16H25N3O/c1-13-10-14(2)12-19(11-13)9-3-6-18-16(20)15-4-7-17-8-5-15/h4-5,7-8,13-14H,3,6,9-12H2,1-2H3,(H,18,20). The Bertz CT molecular complexity index is 411. The first-order valence-electron chi connectivity index (χ1n) is 7.55. The van der Waals surface area contributed by atoms with Gasteiger partial charge in [0.2, 0.25) is 0 Å². The number of hydrogen-bond acceptors (Lipinski definition) is 3. The lowest BCUT2D eigenvalue weighted by Crippen LogP contribution is -2.40. The Labute approximate surface area is 121 Å². The van der Waals surface area contributed by atoms with E-state index in [0.717, 1.165) is 31.3 Å². The predicted octanol–water partition coefficient (Wildman–Crippen LogP) is 2.18. The normalized spacial score (nSPS) is 23.5. The molecule has 2 rings (SSSR count). The van der Waals surface area contributed by atoms with Gasteiger partial charge in [0, 0.05) is 37.6 Å². The quantitative estimate of drug-likeness (QED) is 0.838. The minimum Gasteiger partial charge on any atom is -0.352 e. The molecule has 1 fully saturated rings. The van der Waals surface area contributed by atoms with Crippen LogP contribution in [0.25, 0.3) is 0 Å². The van der Waals surface area contributed by atoms with Gasteiger partial charge in [-0.15, -0.1) is 0 Å². The van der Waals surface area contributed by atoms with Crippen molar-refractivity contribution in [3.63, 3.8) is 0 Å². The number of amides is 1. The summed E-state index contributed by atoms with van der Waals surface area (Å²) in [5.74, 6) is 1.59. The largest absolute Gasteiger partial charge is 0.352 e. The third kappa shape index (κ3) is 4.60. The number of nitrogens with zero attached hydrogens (tertiary/aromatic N) is 2. The van der Waals surface area contributed by atoms with Crippen LogP contribution in [0.15, 0.2) is 24.5 Å². The summed E-state index contributed by atoms with van der Waals surface area (Å²) in [7, 11) is 0. The topological polar surface area (TPSA) is 45.2 Å². The highest BCUT2D eigenvalue weighted by Gasteiger charge is 2.20. The molecule has 0 radical (unpaired) electrons. The van der Waals surface area contributed by atoms with E-state index < -0.39 is 0 Å². The molecule has 0 saturated carbocycles. The first-order valence-corrected chi connectivity index (χ1v) is 7.55. The van der Waals surface area contributed by atoms with Crippen molar-refractivity contribution in [3.8, 4) is 0 Å². The van der Waals surface area contributed by atoms with Gasteiger partial charge in [-0.3, -0.25) is 9.78 Å². The van der Waals surface area contributed by atoms with E-state index in [-0.39, 0.29) is 5.91 Å². The third-order valence-electron chi connectivity index (χ3n) is 3.82. The van der Waals surface area contributed by atoms with E-state index >= 15 is 0 Å². The summed E-state index contributed by atoms with van der Waals surface area (Å²) < 4.78 is 0. The highest BCUT2D eigenvalue weighted by molar-refractivity contribution is 5.93. The van der Waals surface area contributed by atoms with Crippen LogP contribution < -0.4 is 5.32 Å². The van der Waals surface area contributed by atoms with Crippen molar-refractivity contribution in [1.29, 1.82) is 0 Å². The molecule has 1 N–H and O–H groups in total. The summed E-state index contributed by atoms with van der Waals surface area (Å²) in [5.41, 5.74) is 0.681. The maximum Gasteiger partial charge on any atom is 0.251 e. The molecule has 0 aliphatic carbocycles. The molecule has 1 saturated heterocycles. The highest BCUT2D eigenvalue weighted by atomic mass is 16.1. The number of nitrogens with one attached hydrogen (secondary N) is 1. The van der Waals surface area contributed by atoms with Gasteiger partial charge in [-0.1, -0.05) is 13.8 Å². The smallest absolute Gasteiger partial charge is 0.251 e. The average Bonchev–Trinajstić information content (AvgIpc) is 2.43. The SMILES string of the molecule is CC1CC(C)CN(CCCNC(=O)c2ccncc2)C1. The van der Waals surface area contributed by atoms with E-state index in [1.54, 1.807) is 24.5 Å². The molecule has 20 heavy (non-hydrogen) atoms. The minimum absolute atomic E-state index is 0.00668. The molecule has 2 unspecified atom stereocenters. The Hall–Kier alpha value is -1.42. The Kier molecular flexibility index (Phi) is 5.53. The van der Waals surface area contributed by atoms with Crippen molar-refractivity contribution in [2.45, 2.75) is 26.7 Å². The maximum atomic E-state index is 11.8. The maximum absolute atomic E-state index is 11.8. The summed E-state index contributed by atoms with van der Waals surface area (Å²) in [6.07, 6.45) is 5.64.